The van der Waals surface area contributed by atoms with Crippen LogP contribution < -0.4 is 10.2 Å². The second-order valence-corrected chi connectivity index (χ2v) is 8.81. The Bertz CT molecular complexity index is 925. The molecule has 2 aromatic rings. The summed E-state index contributed by atoms with van der Waals surface area (Å²) in [5.74, 6) is -0.641. The first-order valence-corrected chi connectivity index (χ1v) is 10.7. The minimum Gasteiger partial charge on any atom is -0.377 e. The van der Waals surface area contributed by atoms with Gasteiger partial charge >= 0.3 is 0 Å². The summed E-state index contributed by atoms with van der Waals surface area (Å²) in [6.07, 6.45) is 0. The van der Waals surface area contributed by atoms with Crippen molar-refractivity contribution in [3.63, 3.8) is 0 Å². The molecular weight excluding hydrogens is 393 g/mol. The lowest BCUT2D eigenvalue weighted by atomic mass is 10.0. The average Bonchev–Trinajstić information content (AvgIpc) is 2.70. The van der Waals surface area contributed by atoms with Crippen LogP contribution >= 0.6 is 0 Å². The van der Waals surface area contributed by atoms with Crippen molar-refractivity contribution in [3.8, 4) is 0 Å². The SMILES string of the molecule is CC(C)C(=O)Nc1ccc(N(C)C)c(CN(C(=O)c2cccc(F)c2)[C@H](C)C(C)C)c1. The molecule has 0 saturated heterocycles. The van der Waals surface area contributed by atoms with Crippen molar-refractivity contribution in [2.45, 2.75) is 47.2 Å². The first-order chi connectivity index (χ1) is 14.5. The van der Waals surface area contributed by atoms with E-state index in [2.05, 4.69) is 19.2 Å². The van der Waals surface area contributed by atoms with Crippen LogP contribution in [0, 0.1) is 17.7 Å². The van der Waals surface area contributed by atoms with Crippen LogP contribution in [-0.2, 0) is 11.3 Å². The van der Waals surface area contributed by atoms with Gasteiger partial charge in [-0.15, -0.1) is 0 Å². The molecule has 0 spiro atoms. The van der Waals surface area contributed by atoms with Crippen LogP contribution in [-0.4, -0.2) is 36.9 Å². The van der Waals surface area contributed by atoms with Crippen molar-refractivity contribution in [2.75, 3.05) is 24.3 Å². The molecule has 1 atom stereocenters. The third-order valence-corrected chi connectivity index (χ3v) is 5.48. The number of carbonyl (C=O) groups excluding carboxylic acids is 2. The summed E-state index contributed by atoms with van der Waals surface area (Å²) in [7, 11) is 3.88. The molecule has 0 radical (unpaired) electrons. The number of amides is 2. The van der Waals surface area contributed by atoms with E-state index in [1.54, 1.807) is 17.0 Å². The largest absolute Gasteiger partial charge is 0.377 e. The molecule has 0 aromatic heterocycles. The van der Waals surface area contributed by atoms with Gasteiger partial charge in [0.05, 0.1) is 0 Å². The molecule has 6 heteroatoms. The van der Waals surface area contributed by atoms with Gasteiger partial charge in [0.1, 0.15) is 5.82 Å². The lowest BCUT2D eigenvalue weighted by Gasteiger charge is -2.33. The molecule has 0 aliphatic heterocycles. The van der Waals surface area contributed by atoms with Crippen molar-refractivity contribution in [1.82, 2.24) is 4.90 Å². The molecule has 0 aliphatic carbocycles. The van der Waals surface area contributed by atoms with Crippen LogP contribution in [0.3, 0.4) is 0 Å². The predicted octanol–water partition coefficient (Wildman–Crippen LogP) is 5.17. The van der Waals surface area contributed by atoms with Gasteiger partial charge < -0.3 is 15.1 Å². The van der Waals surface area contributed by atoms with E-state index in [1.165, 1.54) is 12.1 Å². The standard InChI is InChI=1S/C25H34FN3O2/c1-16(2)18(5)29(25(31)19-9-8-10-21(26)13-19)15-20-14-22(27-24(30)17(3)4)11-12-23(20)28(6)7/h8-14,16-18H,15H2,1-7H3,(H,27,30)/t18-/m1/s1. The van der Waals surface area contributed by atoms with Crippen LogP contribution in [0.5, 0.6) is 0 Å². The number of benzene rings is 2. The third kappa shape index (κ3) is 6.29. The predicted molar refractivity (Wildman–Crippen MR) is 125 cm³/mol. The molecule has 0 aliphatic rings. The van der Waals surface area contributed by atoms with Crippen molar-refractivity contribution in [3.05, 3.63) is 59.4 Å². The zero-order valence-electron chi connectivity index (χ0n) is 19.6. The summed E-state index contributed by atoms with van der Waals surface area (Å²) in [5, 5.41) is 2.93. The van der Waals surface area contributed by atoms with Gasteiger partial charge in [0.2, 0.25) is 5.91 Å². The van der Waals surface area contributed by atoms with E-state index in [-0.39, 0.29) is 29.7 Å². The van der Waals surface area contributed by atoms with Crippen molar-refractivity contribution >= 4 is 23.2 Å². The van der Waals surface area contributed by atoms with E-state index in [9.17, 15) is 14.0 Å². The Hall–Kier alpha value is -2.89. The van der Waals surface area contributed by atoms with Gasteiger partial charge in [-0.25, -0.2) is 4.39 Å². The smallest absolute Gasteiger partial charge is 0.254 e. The molecule has 2 amide bonds. The highest BCUT2D eigenvalue weighted by molar-refractivity contribution is 5.95. The average molecular weight is 428 g/mol. The molecular formula is C25H34FN3O2. The van der Waals surface area contributed by atoms with E-state index in [0.717, 1.165) is 11.3 Å². The first-order valence-electron chi connectivity index (χ1n) is 10.7. The van der Waals surface area contributed by atoms with Crippen molar-refractivity contribution < 1.29 is 14.0 Å². The van der Waals surface area contributed by atoms with Gasteiger partial charge in [-0.05, 0) is 54.8 Å². The Morgan fingerprint density at radius 2 is 1.68 bits per heavy atom. The molecule has 0 saturated carbocycles. The highest BCUT2D eigenvalue weighted by Gasteiger charge is 2.25. The van der Waals surface area contributed by atoms with Gasteiger partial charge in [0.25, 0.3) is 5.91 Å². The number of carbonyl (C=O) groups is 2. The second kappa shape index (κ2) is 10.4. The fourth-order valence-electron chi connectivity index (χ4n) is 3.24. The number of hydrogen-bond acceptors (Lipinski definition) is 3. The molecule has 31 heavy (non-hydrogen) atoms. The van der Waals surface area contributed by atoms with Crippen molar-refractivity contribution in [1.29, 1.82) is 0 Å². The van der Waals surface area contributed by atoms with Gasteiger partial charge in [0.15, 0.2) is 0 Å². The summed E-state index contributed by atoms with van der Waals surface area (Å²) in [6.45, 7) is 10.1. The quantitative estimate of drug-likeness (QED) is 0.632. The topological polar surface area (TPSA) is 52.7 Å². The molecule has 5 nitrogen and oxygen atoms in total. The summed E-state index contributed by atoms with van der Waals surface area (Å²) in [4.78, 5) is 29.3. The van der Waals surface area contributed by atoms with Crippen LogP contribution in [0.15, 0.2) is 42.5 Å². The Balaban J connectivity index is 2.46. The Morgan fingerprint density at radius 1 is 1.00 bits per heavy atom. The summed E-state index contributed by atoms with van der Waals surface area (Å²) >= 11 is 0. The lowest BCUT2D eigenvalue weighted by molar-refractivity contribution is -0.118. The van der Waals surface area contributed by atoms with Gasteiger partial charge in [-0.2, -0.15) is 0 Å². The van der Waals surface area contributed by atoms with E-state index in [4.69, 9.17) is 0 Å². The second-order valence-electron chi connectivity index (χ2n) is 8.81. The molecule has 0 bridgehead atoms. The maximum atomic E-state index is 13.8. The van der Waals surface area contributed by atoms with Crippen LogP contribution in [0.2, 0.25) is 0 Å². The number of rotatable bonds is 8. The van der Waals surface area contributed by atoms with Crippen LogP contribution in [0.1, 0.15) is 50.5 Å². The van der Waals surface area contributed by atoms with Gasteiger partial charge in [-0.1, -0.05) is 33.8 Å². The van der Waals surface area contributed by atoms with Crippen LogP contribution in [0.4, 0.5) is 15.8 Å². The zero-order valence-corrected chi connectivity index (χ0v) is 19.6. The number of anilines is 2. The van der Waals surface area contributed by atoms with Crippen LogP contribution in [0.25, 0.3) is 0 Å². The number of nitrogens with one attached hydrogen (secondary N) is 1. The van der Waals surface area contributed by atoms with Gasteiger partial charge in [0, 0.05) is 49.5 Å². The van der Waals surface area contributed by atoms with Crippen molar-refractivity contribution in [2.24, 2.45) is 11.8 Å². The zero-order chi connectivity index (χ0) is 23.3. The van der Waals surface area contributed by atoms with E-state index in [0.29, 0.717) is 17.8 Å². The third-order valence-electron chi connectivity index (χ3n) is 5.48. The molecule has 0 unspecified atom stereocenters. The first kappa shape index (κ1) is 24.4. The summed E-state index contributed by atoms with van der Waals surface area (Å²) in [6, 6.07) is 11.4. The maximum absolute atomic E-state index is 13.8. The molecule has 0 heterocycles. The minimum atomic E-state index is -0.435. The highest BCUT2D eigenvalue weighted by atomic mass is 19.1. The molecule has 2 aromatic carbocycles. The normalized spacial score (nSPS) is 12.1. The summed E-state index contributed by atoms with van der Waals surface area (Å²) in [5.41, 5.74) is 2.87. The Labute approximate surface area is 185 Å². The fraction of sp³-hybridized carbons (Fsp3) is 0.440. The number of halogens is 1. The van der Waals surface area contributed by atoms with Gasteiger partial charge in [-0.3, -0.25) is 9.59 Å². The van der Waals surface area contributed by atoms with E-state index < -0.39 is 5.82 Å². The Morgan fingerprint density at radius 3 is 2.23 bits per heavy atom. The monoisotopic (exact) mass is 427 g/mol. The lowest BCUT2D eigenvalue weighted by Crippen LogP contribution is -2.41. The molecule has 168 valence electrons. The number of hydrogen-bond donors (Lipinski definition) is 1. The fourth-order valence-corrected chi connectivity index (χ4v) is 3.24. The highest BCUT2D eigenvalue weighted by Crippen LogP contribution is 2.27. The molecule has 1 N–H and O–H groups in total. The minimum absolute atomic E-state index is 0.0632. The Kier molecular flexibility index (Phi) is 8.20. The summed E-state index contributed by atoms with van der Waals surface area (Å²) < 4.78 is 13.8. The van der Waals surface area contributed by atoms with E-state index in [1.807, 2.05) is 58.0 Å². The number of nitrogens with zero attached hydrogens (tertiary/aromatic N) is 2. The maximum Gasteiger partial charge on any atom is 0.254 e. The molecule has 2 rings (SSSR count). The molecule has 0 fully saturated rings. The van der Waals surface area contributed by atoms with E-state index >= 15 is 0 Å².